The van der Waals surface area contributed by atoms with Crippen molar-refractivity contribution in [2.24, 2.45) is 11.7 Å². The molecule has 2 atom stereocenters. The van der Waals surface area contributed by atoms with E-state index in [1.807, 2.05) is 0 Å². The fourth-order valence-corrected chi connectivity index (χ4v) is 5.03. The van der Waals surface area contributed by atoms with Gasteiger partial charge in [-0.05, 0) is 19.1 Å². The Hall–Kier alpha value is -0.570. The Morgan fingerprint density at radius 2 is 1.60 bits per heavy atom. The Bertz CT molecular complexity index is 700. The Morgan fingerprint density at radius 3 is 2.04 bits per heavy atom. The van der Waals surface area contributed by atoms with Gasteiger partial charge in [-0.3, -0.25) is 4.79 Å². The van der Waals surface area contributed by atoms with Crippen LogP contribution in [0.3, 0.4) is 0 Å². The van der Waals surface area contributed by atoms with E-state index >= 15 is 0 Å². The molecule has 10 heteroatoms. The van der Waals surface area contributed by atoms with Gasteiger partial charge in [-0.25, -0.2) is 8.42 Å². The van der Waals surface area contributed by atoms with Gasteiger partial charge in [0.25, 0.3) is 0 Å². The largest absolute Gasteiger partial charge is 0.340 e. The monoisotopic (exact) mass is 429 g/mol. The second kappa shape index (κ2) is 8.88. The van der Waals surface area contributed by atoms with Crippen LogP contribution in [0.4, 0.5) is 0 Å². The SMILES string of the molecule is CC(N)C(C)C(=O)N1CCN(S(=O)(=O)c2c(Cl)cccc2Cl)CC1.Cl. The third kappa shape index (κ3) is 4.78. The van der Waals surface area contributed by atoms with Gasteiger partial charge in [0.2, 0.25) is 15.9 Å². The number of halogens is 3. The Labute approximate surface area is 164 Å². The zero-order chi connectivity index (χ0) is 18.1. The highest BCUT2D eigenvalue weighted by atomic mass is 35.5. The van der Waals surface area contributed by atoms with E-state index in [2.05, 4.69) is 0 Å². The molecule has 0 aromatic heterocycles. The predicted molar refractivity (Wildman–Crippen MR) is 102 cm³/mol. The van der Waals surface area contributed by atoms with E-state index in [9.17, 15) is 13.2 Å². The zero-order valence-electron chi connectivity index (χ0n) is 14.0. The quantitative estimate of drug-likeness (QED) is 0.794. The number of carbonyl (C=O) groups is 1. The molecule has 1 aromatic carbocycles. The molecule has 0 saturated carbocycles. The van der Waals surface area contributed by atoms with Gasteiger partial charge in [0.1, 0.15) is 4.90 Å². The van der Waals surface area contributed by atoms with E-state index in [-0.39, 0.29) is 58.3 Å². The maximum atomic E-state index is 12.8. The summed E-state index contributed by atoms with van der Waals surface area (Å²) in [6, 6.07) is 4.33. The average Bonchev–Trinajstić information content (AvgIpc) is 2.53. The maximum Gasteiger partial charge on any atom is 0.246 e. The summed E-state index contributed by atoms with van der Waals surface area (Å²) in [5, 5.41) is 0.179. The van der Waals surface area contributed by atoms with Gasteiger partial charge >= 0.3 is 0 Å². The molecule has 25 heavy (non-hydrogen) atoms. The number of carbonyl (C=O) groups excluding carboxylic acids is 1. The van der Waals surface area contributed by atoms with E-state index in [1.54, 1.807) is 24.8 Å². The number of hydrogen-bond donors (Lipinski definition) is 1. The average molecular weight is 431 g/mol. The van der Waals surface area contributed by atoms with Crippen LogP contribution in [-0.4, -0.2) is 55.8 Å². The first-order valence-electron chi connectivity index (χ1n) is 7.64. The minimum Gasteiger partial charge on any atom is -0.340 e. The second-order valence-electron chi connectivity index (χ2n) is 5.93. The first-order valence-corrected chi connectivity index (χ1v) is 9.84. The lowest BCUT2D eigenvalue weighted by molar-refractivity contribution is -0.136. The summed E-state index contributed by atoms with van der Waals surface area (Å²) in [6.45, 7) is 4.58. The molecular weight excluding hydrogens is 409 g/mol. The molecule has 0 radical (unpaired) electrons. The van der Waals surface area contributed by atoms with Crippen LogP contribution >= 0.6 is 35.6 Å². The van der Waals surface area contributed by atoms with Crippen molar-refractivity contribution in [1.82, 2.24) is 9.21 Å². The highest BCUT2D eigenvalue weighted by Crippen LogP contribution is 2.31. The maximum absolute atomic E-state index is 12.8. The minimum atomic E-state index is -3.80. The Kier molecular flexibility index (Phi) is 7.98. The van der Waals surface area contributed by atoms with Crippen LogP contribution in [0.15, 0.2) is 23.1 Å². The van der Waals surface area contributed by atoms with Crippen molar-refractivity contribution < 1.29 is 13.2 Å². The summed E-state index contributed by atoms with van der Waals surface area (Å²) >= 11 is 12.0. The lowest BCUT2D eigenvalue weighted by Gasteiger charge is -2.36. The molecule has 2 unspecified atom stereocenters. The summed E-state index contributed by atoms with van der Waals surface area (Å²) in [7, 11) is -3.80. The molecule has 1 aromatic rings. The predicted octanol–water partition coefficient (Wildman–Crippen LogP) is 2.23. The number of rotatable bonds is 4. The third-order valence-electron chi connectivity index (χ3n) is 4.25. The third-order valence-corrected chi connectivity index (χ3v) is 7.10. The molecule has 2 N–H and O–H groups in total. The summed E-state index contributed by atoms with van der Waals surface area (Å²) in [6.07, 6.45) is 0. The van der Waals surface area contributed by atoms with Crippen LogP contribution in [0.5, 0.6) is 0 Å². The molecule has 0 aliphatic carbocycles. The first-order chi connectivity index (χ1) is 11.2. The van der Waals surface area contributed by atoms with Crippen LogP contribution in [0, 0.1) is 5.92 Å². The number of hydrogen-bond acceptors (Lipinski definition) is 4. The highest BCUT2D eigenvalue weighted by molar-refractivity contribution is 7.89. The van der Waals surface area contributed by atoms with E-state index in [0.717, 1.165) is 0 Å². The molecule has 1 aliphatic rings. The van der Waals surface area contributed by atoms with Crippen LogP contribution < -0.4 is 5.73 Å². The molecular formula is C15H22Cl3N3O3S. The molecule has 142 valence electrons. The topological polar surface area (TPSA) is 83.7 Å². The molecule has 1 heterocycles. The lowest BCUT2D eigenvalue weighted by atomic mass is 10.0. The van der Waals surface area contributed by atoms with Crippen molar-refractivity contribution in [3.8, 4) is 0 Å². The normalized spacial score (nSPS) is 18.4. The van der Waals surface area contributed by atoms with Crippen molar-refractivity contribution in [3.05, 3.63) is 28.2 Å². The zero-order valence-corrected chi connectivity index (χ0v) is 17.1. The van der Waals surface area contributed by atoms with Gasteiger partial charge in [0.05, 0.1) is 16.0 Å². The van der Waals surface area contributed by atoms with Crippen molar-refractivity contribution in [3.63, 3.8) is 0 Å². The smallest absolute Gasteiger partial charge is 0.246 e. The number of sulfonamides is 1. The lowest BCUT2D eigenvalue weighted by Crippen LogP contribution is -2.53. The number of nitrogens with two attached hydrogens (primary N) is 1. The fourth-order valence-electron chi connectivity index (χ4n) is 2.52. The molecule has 1 saturated heterocycles. The molecule has 6 nitrogen and oxygen atoms in total. The van der Waals surface area contributed by atoms with E-state index in [4.69, 9.17) is 28.9 Å². The molecule has 0 bridgehead atoms. The van der Waals surface area contributed by atoms with Gasteiger partial charge in [-0.15, -0.1) is 12.4 Å². The Morgan fingerprint density at radius 1 is 1.12 bits per heavy atom. The van der Waals surface area contributed by atoms with Gasteiger partial charge in [0, 0.05) is 32.2 Å². The number of nitrogens with zero attached hydrogens (tertiary/aromatic N) is 2. The van der Waals surface area contributed by atoms with E-state index in [0.29, 0.717) is 13.1 Å². The number of benzene rings is 1. The van der Waals surface area contributed by atoms with Crippen molar-refractivity contribution in [1.29, 1.82) is 0 Å². The fraction of sp³-hybridized carbons (Fsp3) is 0.533. The molecule has 1 amide bonds. The van der Waals surface area contributed by atoms with Crippen molar-refractivity contribution in [2.75, 3.05) is 26.2 Å². The molecule has 2 rings (SSSR count). The summed E-state index contributed by atoms with van der Waals surface area (Å²) in [4.78, 5) is 13.9. The van der Waals surface area contributed by atoms with Crippen LogP contribution in [0.25, 0.3) is 0 Å². The standard InChI is InChI=1S/C15H21Cl2N3O3S.ClH/c1-10(11(2)18)15(21)19-6-8-20(9-7-19)24(22,23)14-12(16)4-3-5-13(14)17;/h3-5,10-11H,6-9,18H2,1-2H3;1H. The van der Waals surface area contributed by atoms with Crippen molar-refractivity contribution >= 4 is 51.5 Å². The van der Waals surface area contributed by atoms with Crippen LogP contribution in [0.1, 0.15) is 13.8 Å². The van der Waals surface area contributed by atoms with Crippen LogP contribution in [0.2, 0.25) is 10.0 Å². The second-order valence-corrected chi connectivity index (χ2v) is 8.62. The Balaban J connectivity index is 0.00000312. The van der Waals surface area contributed by atoms with Gasteiger partial charge in [-0.1, -0.05) is 36.2 Å². The highest BCUT2D eigenvalue weighted by Gasteiger charge is 2.34. The summed E-state index contributed by atoms with van der Waals surface area (Å²) in [5.41, 5.74) is 5.77. The van der Waals surface area contributed by atoms with Gasteiger partial charge < -0.3 is 10.6 Å². The van der Waals surface area contributed by atoms with Crippen LogP contribution in [-0.2, 0) is 14.8 Å². The summed E-state index contributed by atoms with van der Waals surface area (Å²) < 4.78 is 26.9. The van der Waals surface area contributed by atoms with Gasteiger partial charge in [-0.2, -0.15) is 4.31 Å². The van der Waals surface area contributed by atoms with E-state index in [1.165, 1.54) is 16.4 Å². The van der Waals surface area contributed by atoms with E-state index < -0.39 is 10.0 Å². The first kappa shape index (κ1) is 22.5. The molecule has 0 spiro atoms. The van der Waals surface area contributed by atoms with Crippen molar-refractivity contribution in [2.45, 2.75) is 24.8 Å². The number of amides is 1. The summed E-state index contributed by atoms with van der Waals surface area (Å²) in [5.74, 6) is -0.357. The molecule has 1 fully saturated rings. The molecule has 1 aliphatic heterocycles. The minimum absolute atomic E-state index is 0. The van der Waals surface area contributed by atoms with Gasteiger partial charge in [0.15, 0.2) is 0 Å². The number of piperazine rings is 1.